The van der Waals surface area contributed by atoms with Crippen LogP contribution in [0.4, 0.5) is 0 Å². The van der Waals surface area contributed by atoms with Gasteiger partial charge in [-0.2, -0.15) is 0 Å². The van der Waals surface area contributed by atoms with E-state index in [0.29, 0.717) is 0 Å². The Kier molecular flexibility index (Phi) is 1.69. The molecule has 5 unspecified atom stereocenters. The Bertz CT molecular complexity index is 283. The van der Waals surface area contributed by atoms with Crippen molar-refractivity contribution in [2.45, 2.75) is 44.6 Å². The van der Waals surface area contributed by atoms with Gasteiger partial charge in [0.15, 0.2) is 0 Å². The van der Waals surface area contributed by atoms with Gasteiger partial charge in [-0.05, 0) is 55.8 Å². The normalized spacial score (nSPS) is 54.1. The third kappa shape index (κ3) is 0.942. The van der Waals surface area contributed by atoms with E-state index in [0.717, 1.165) is 30.1 Å². The molecule has 2 bridgehead atoms. The molecule has 0 saturated heterocycles. The molecule has 4 saturated carbocycles. The van der Waals surface area contributed by atoms with Crippen LogP contribution in [0.1, 0.15) is 39.0 Å². The number of rotatable bonds is 2. The predicted octanol–water partition coefficient (Wildman–Crippen LogP) is 2.72. The maximum Gasteiger partial charge on any atom is 0.0224 e. The Morgan fingerprint density at radius 1 is 1.43 bits per heavy atom. The highest BCUT2D eigenvalue weighted by Gasteiger charge is 2.66. The van der Waals surface area contributed by atoms with Crippen molar-refractivity contribution in [3.8, 4) is 0 Å². The van der Waals surface area contributed by atoms with Crippen LogP contribution in [-0.2, 0) is 0 Å². The highest BCUT2D eigenvalue weighted by Crippen LogP contribution is 2.66. The summed E-state index contributed by atoms with van der Waals surface area (Å²) in [5, 5.41) is 0. The monoisotopic (exact) mass is 191 g/mol. The molecule has 0 amide bonds. The molecule has 4 aliphatic rings. The fraction of sp³-hybridized carbons (Fsp3) is 0.846. The first-order chi connectivity index (χ1) is 6.66. The van der Waals surface area contributed by atoms with Crippen LogP contribution in [0.15, 0.2) is 12.2 Å². The van der Waals surface area contributed by atoms with Gasteiger partial charge in [0.25, 0.3) is 0 Å². The summed E-state index contributed by atoms with van der Waals surface area (Å²) < 4.78 is 0. The number of allylic oxidation sites excluding steroid dienone is 1. The lowest BCUT2D eigenvalue weighted by Crippen LogP contribution is -2.49. The van der Waals surface area contributed by atoms with E-state index in [4.69, 9.17) is 5.73 Å². The van der Waals surface area contributed by atoms with Crippen LogP contribution in [0.2, 0.25) is 0 Å². The van der Waals surface area contributed by atoms with Crippen LogP contribution in [0.5, 0.6) is 0 Å². The van der Waals surface area contributed by atoms with E-state index < -0.39 is 0 Å². The van der Waals surface area contributed by atoms with Crippen molar-refractivity contribution >= 4 is 0 Å². The van der Waals surface area contributed by atoms with Gasteiger partial charge in [0.1, 0.15) is 0 Å². The molecular weight excluding hydrogens is 170 g/mol. The zero-order valence-electron chi connectivity index (χ0n) is 9.13. The molecule has 1 nitrogen and oxygen atoms in total. The van der Waals surface area contributed by atoms with E-state index in [9.17, 15) is 0 Å². The average Bonchev–Trinajstić information content (AvgIpc) is 2.92. The van der Waals surface area contributed by atoms with Crippen LogP contribution in [0, 0.1) is 23.7 Å². The van der Waals surface area contributed by atoms with E-state index in [1.807, 2.05) is 0 Å². The molecule has 0 aromatic heterocycles. The van der Waals surface area contributed by atoms with Crippen molar-refractivity contribution in [3.05, 3.63) is 12.2 Å². The molecule has 0 spiro atoms. The second-order valence-electron chi connectivity index (χ2n) is 5.72. The van der Waals surface area contributed by atoms with Gasteiger partial charge in [-0.25, -0.2) is 0 Å². The topological polar surface area (TPSA) is 26.0 Å². The van der Waals surface area contributed by atoms with Gasteiger partial charge in [-0.1, -0.05) is 19.1 Å². The van der Waals surface area contributed by atoms with Crippen molar-refractivity contribution in [1.29, 1.82) is 0 Å². The van der Waals surface area contributed by atoms with Crippen molar-refractivity contribution in [3.63, 3.8) is 0 Å². The maximum atomic E-state index is 6.48. The Balaban J connectivity index is 1.87. The van der Waals surface area contributed by atoms with E-state index in [1.165, 1.54) is 31.3 Å². The van der Waals surface area contributed by atoms with Crippen molar-refractivity contribution in [1.82, 2.24) is 0 Å². The van der Waals surface area contributed by atoms with E-state index >= 15 is 0 Å². The van der Waals surface area contributed by atoms with Crippen molar-refractivity contribution < 1.29 is 0 Å². The first-order valence-electron chi connectivity index (χ1n) is 6.13. The molecule has 2 N–H and O–H groups in total. The SMILES string of the molecule is C=C(CC)C1CC2CCC1C1(N)CC21. The molecule has 4 rings (SSSR count). The number of hydrogen-bond donors (Lipinski definition) is 1. The zero-order valence-corrected chi connectivity index (χ0v) is 9.13. The standard InChI is InChI=1S/C13H21N/c1-3-8(2)10-6-9-4-5-11(10)13(14)7-12(9)13/h9-12H,2-7,14H2,1H3. The van der Waals surface area contributed by atoms with Crippen LogP contribution < -0.4 is 5.73 Å². The molecule has 0 aromatic rings. The fourth-order valence-corrected chi connectivity index (χ4v) is 4.28. The smallest absolute Gasteiger partial charge is 0.0224 e. The van der Waals surface area contributed by atoms with E-state index in [1.54, 1.807) is 0 Å². The van der Waals surface area contributed by atoms with Gasteiger partial charge in [-0.15, -0.1) is 0 Å². The molecule has 1 heteroatoms. The van der Waals surface area contributed by atoms with Crippen LogP contribution in [-0.4, -0.2) is 5.54 Å². The minimum absolute atomic E-state index is 0.254. The first-order valence-corrected chi connectivity index (χ1v) is 6.13. The highest BCUT2D eigenvalue weighted by molar-refractivity contribution is 5.25. The molecule has 0 aromatic carbocycles. The van der Waals surface area contributed by atoms with E-state index in [2.05, 4.69) is 13.5 Å². The maximum absolute atomic E-state index is 6.48. The minimum Gasteiger partial charge on any atom is -0.325 e. The van der Waals surface area contributed by atoms with Crippen molar-refractivity contribution in [2.75, 3.05) is 0 Å². The Morgan fingerprint density at radius 2 is 2.21 bits per heavy atom. The predicted molar refractivity (Wildman–Crippen MR) is 58.8 cm³/mol. The van der Waals surface area contributed by atoms with Gasteiger partial charge in [0.2, 0.25) is 0 Å². The summed E-state index contributed by atoms with van der Waals surface area (Å²) in [7, 11) is 0. The summed E-state index contributed by atoms with van der Waals surface area (Å²) in [6.45, 7) is 6.48. The molecule has 0 aliphatic heterocycles. The molecule has 5 atom stereocenters. The molecule has 0 radical (unpaired) electrons. The molecule has 4 aliphatic carbocycles. The molecule has 0 heterocycles. The highest BCUT2D eigenvalue weighted by atomic mass is 14.9. The number of hydrogen-bond acceptors (Lipinski definition) is 1. The van der Waals surface area contributed by atoms with E-state index in [-0.39, 0.29) is 5.54 Å². The molecule has 14 heavy (non-hydrogen) atoms. The van der Waals surface area contributed by atoms with Crippen LogP contribution in [0.3, 0.4) is 0 Å². The zero-order chi connectivity index (χ0) is 9.92. The second kappa shape index (κ2) is 2.63. The molecule has 78 valence electrons. The quantitative estimate of drug-likeness (QED) is 0.667. The third-order valence-corrected chi connectivity index (χ3v) is 5.23. The average molecular weight is 191 g/mol. The van der Waals surface area contributed by atoms with Crippen molar-refractivity contribution in [2.24, 2.45) is 29.4 Å². The van der Waals surface area contributed by atoms with Gasteiger partial charge < -0.3 is 5.73 Å². The summed E-state index contributed by atoms with van der Waals surface area (Å²) in [5.41, 5.74) is 8.20. The Morgan fingerprint density at radius 3 is 2.86 bits per heavy atom. The molecular formula is C13H21N. The van der Waals surface area contributed by atoms with Gasteiger partial charge in [0.05, 0.1) is 0 Å². The fourth-order valence-electron chi connectivity index (χ4n) is 4.28. The Labute approximate surface area is 86.8 Å². The second-order valence-corrected chi connectivity index (χ2v) is 5.72. The summed E-state index contributed by atoms with van der Waals surface area (Å²) in [5.74, 6) is 3.38. The van der Waals surface area contributed by atoms with Gasteiger partial charge in [0, 0.05) is 5.54 Å². The summed E-state index contributed by atoms with van der Waals surface area (Å²) in [6, 6.07) is 0. The lowest BCUT2D eigenvalue weighted by molar-refractivity contribution is 0.0884. The van der Waals surface area contributed by atoms with Gasteiger partial charge in [-0.3, -0.25) is 0 Å². The third-order valence-electron chi connectivity index (χ3n) is 5.23. The Hall–Kier alpha value is -0.300. The molecule has 4 fully saturated rings. The largest absolute Gasteiger partial charge is 0.325 e. The van der Waals surface area contributed by atoms with Crippen LogP contribution >= 0.6 is 0 Å². The summed E-state index contributed by atoms with van der Waals surface area (Å²) >= 11 is 0. The lowest BCUT2D eigenvalue weighted by atomic mass is 9.60. The van der Waals surface area contributed by atoms with Crippen LogP contribution in [0.25, 0.3) is 0 Å². The summed E-state index contributed by atoms with van der Waals surface area (Å²) in [6.07, 6.45) is 6.69. The van der Waals surface area contributed by atoms with Gasteiger partial charge >= 0.3 is 0 Å². The summed E-state index contributed by atoms with van der Waals surface area (Å²) in [4.78, 5) is 0. The lowest BCUT2D eigenvalue weighted by Gasteiger charge is -2.46. The first kappa shape index (κ1) is 8.96. The minimum atomic E-state index is 0.254. The number of fused-ring (bicyclic) bond motifs is 2. The number of nitrogens with two attached hydrogens (primary N) is 1.